The summed E-state index contributed by atoms with van der Waals surface area (Å²) in [4.78, 5) is 10.3. The van der Waals surface area contributed by atoms with Crippen LogP contribution >= 0.6 is 0 Å². The molecule has 32 heavy (non-hydrogen) atoms. The molecule has 0 radical (unpaired) electrons. The van der Waals surface area contributed by atoms with E-state index in [1.54, 1.807) is 13.2 Å². The van der Waals surface area contributed by atoms with E-state index in [2.05, 4.69) is 53.0 Å². The molecule has 1 fully saturated rings. The standard InChI is InChI=1S/C25H34BFO4Si/c1-16(2)32(17(3)4,18(5)6)11-10-21-24(27)9-8-19-12-20(29-15-28-7)13-22(25(19)21)23-14-30-31-26-23/h8-9,12-13,16-18,23,26H,14-15H2,1-7H3. The fourth-order valence-electron chi connectivity index (χ4n) is 5.19. The highest BCUT2D eigenvalue weighted by molar-refractivity contribution is 6.90. The van der Waals surface area contributed by atoms with E-state index in [1.165, 1.54) is 6.07 Å². The van der Waals surface area contributed by atoms with Crippen LogP contribution in [0.2, 0.25) is 16.6 Å². The van der Waals surface area contributed by atoms with Crippen LogP contribution in [0.3, 0.4) is 0 Å². The molecule has 0 spiro atoms. The maximum absolute atomic E-state index is 15.3. The smallest absolute Gasteiger partial charge is 0.333 e. The Morgan fingerprint density at radius 1 is 1.12 bits per heavy atom. The molecule has 2 aromatic carbocycles. The summed E-state index contributed by atoms with van der Waals surface area (Å²) in [5, 5.41) is 1.71. The van der Waals surface area contributed by atoms with Gasteiger partial charge in [0.05, 0.1) is 12.2 Å². The number of rotatable bonds is 7. The predicted molar refractivity (Wildman–Crippen MR) is 131 cm³/mol. The van der Waals surface area contributed by atoms with Gasteiger partial charge in [0.25, 0.3) is 0 Å². The van der Waals surface area contributed by atoms with Gasteiger partial charge in [0.2, 0.25) is 0 Å². The van der Waals surface area contributed by atoms with Gasteiger partial charge in [-0.15, -0.1) is 5.54 Å². The molecule has 1 saturated heterocycles. The van der Waals surface area contributed by atoms with Gasteiger partial charge in [-0.05, 0) is 45.8 Å². The molecule has 7 heteroatoms. The summed E-state index contributed by atoms with van der Waals surface area (Å²) in [6.45, 7) is 14.1. The van der Waals surface area contributed by atoms with E-state index in [0.717, 1.165) is 16.3 Å². The monoisotopic (exact) mass is 456 g/mol. The first-order valence-electron chi connectivity index (χ1n) is 11.4. The molecular formula is C25H34BFO4Si. The lowest BCUT2D eigenvalue weighted by Crippen LogP contribution is -2.43. The first-order chi connectivity index (χ1) is 15.2. The molecular weight excluding hydrogens is 422 g/mol. The molecule has 172 valence electrons. The lowest BCUT2D eigenvalue weighted by atomic mass is 9.74. The summed E-state index contributed by atoms with van der Waals surface area (Å²) in [6.07, 6.45) is 0. The van der Waals surface area contributed by atoms with Gasteiger partial charge in [-0.25, -0.2) is 4.39 Å². The third kappa shape index (κ3) is 4.74. The molecule has 1 unspecified atom stereocenters. The van der Waals surface area contributed by atoms with Crippen molar-refractivity contribution in [3.63, 3.8) is 0 Å². The van der Waals surface area contributed by atoms with Gasteiger partial charge in [-0.1, -0.05) is 53.5 Å². The van der Waals surface area contributed by atoms with Crippen molar-refractivity contribution in [2.75, 3.05) is 20.5 Å². The molecule has 0 saturated carbocycles. The summed E-state index contributed by atoms with van der Waals surface area (Å²) < 4.78 is 26.0. The summed E-state index contributed by atoms with van der Waals surface area (Å²) in [5.74, 6) is 3.71. The van der Waals surface area contributed by atoms with E-state index in [9.17, 15) is 0 Å². The normalized spacial score (nSPS) is 16.5. The first-order valence-corrected chi connectivity index (χ1v) is 13.6. The largest absolute Gasteiger partial charge is 0.468 e. The van der Waals surface area contributed by atoms with Crippen molar-refractivity contribution in [1.82, 2.24) is 0 Å². The number of benzene rings is 2. The van der Waals surface area contributed by atoms with Crippen molar-refractivity contribution in [1.29, 1.82) is 0 Å². The van der Waals surface area contributed by atoms with Crippen LogP contribution in [0, 0.1) is 17.3 Å². The third-order valence-corrected chi connectivity index (χ3v) is 13.0. The SMILES string of the molecule is COCOc1cc(C2BOOC2)c2c(C#C[Si](C(C)C)(C(C)C)C(C)C)c(F)ccc2c1. The Hall–Kier alpha value is -1.85. The Morgan fingerprint density at radius 2 is 1.81 bits per heavy atom. The molecule has 4 nitrogen and oxygen atoms in total. The number of methoxy groups -OCH3 is 1. The lowest BCUT2D eigenvalue weighted by molar-refractivity contribution is -0.183. The van der Waals surface area contributed by atoms with E-state index in [-0.39, 0.29) is 18.4 Å². The van der Waals surface area contributed by atoms with Crippen molar-refractivity contribution in [3.05, 3.63) is 41.2 Å². The third-order valence-electron chi connectivity index (χ3n) is 6.75. The van der Waals surface area contributed by atoms with E-state index in [1.807, 2.05) is 12.1 Å². The fraction of sp³-hybridized carbons (Fsp3) is 0.520. The van der Waals surface area contributed by atoms with Crippen LogP contribution in [0.5, 0.6) is 5.75 Å². The van der Waals surface area contributed by atoms with Gasteiger partial charge >= 0.3 is 7.48 Å². The zero-order valence-electron chi connectivity index (χ0n) is 20.3. The zero-order valence-corrected chi connectivity index (χ0v) is 21.3. The number of fused-ring (bicyclic) bond motifs is 1. The average molecular weight is 456 g/mol. The van der Waals surface area contributed by atoms with Gasteiger partial charge in [0.1, 0.15) is 19.6 Å². The molecule has 0 amide bonds. The minimum absolute atomic E-state index is 0.0201. The highest BCUT2D eigenvalue weighted by Crippen LogP contribution is 2.41. The van der Waals surface area contributed by atoms with Gasteiger partial charge < -0.3 is 14.3 Å². The molecule has 1 aliphatic heterocycles. The molecule has 0 bridgehead atoms. The number of ether oxygens (including phenoxy) is 2. The molecule has 3 rings (SSSR count). The summed E-state index contributed by atoms with van der Waals surface area (Å²) in [7, 11) is -0.0235. The van der Waals surface area contributed by atoms with Crippen LogP contribution in [-0.4, -0.2) is 36.1 Å². The molecule has 0 N–H and O–H groups in total. The first kappa shape index (κ1) is 24.8. The second-order valence-electron chi connectivity index (χ2n) is 9.50. The maximum Gasteiger partial charge on any atom is 0.333 e. The molecule has 1 atom stereocenters. The maximum atomic E-state index is 15.3. The van der Waals surface area contributed by atoms with Crippen LogP contribution in [0.1, 0.15) is 58.5 Å². The van der Waals surface area contributed by atoms with Crippen molar-refractivity contribution < 1.29 is 23.6 Å². The number of halogens is 1. The van der Waals surface area contributed by atoms with Crippen molar-refractivity contribution in [2.45, 2.75) is 64.0 Å². The molecule has 0 aliphatic carbocycles. The topological polar surface area (TPSA) is 36.9 Å². The van der Waals surface area contributed by atoms with Gasteiger partial charge in [-0.3, -0.25) is 4.89 Å². The number of hydrogen-bond donors (Lipinski definition) is 0. The van der Waals surface area contributed by atoms with Crippen LogP contribution in [0.4, 0.5) is 4.39 Å². The van der Waals surface area contributed by atoms with E-state index >= 15 is 4.39 Å². The summed E-state index contributed by atoms with van der Waals surface area (Å²) >= 11 is 0. The molecule has 2 aromatic rings. The van der Waals surface area contributed by atoms with Crippen molar-refractivity contribution >= 4 is 26.3 Å². The predicted octanol–water partition coefficient (Wildman–Crippen LogP) is 5.89. The lowest BCUT2D eigenvalue weighted by Gasteiger charge is -2.38. The zero-order chi connectivity index (χ0) is 23.5. The Balaban J connectivity index is 2.26. The minimum Gasteiger partial charge on any atom is -0.468 e. The summed E-state index contributed by atoms with van der Waals surface area (Å²) in [6, 6.07) is 7.14. The van der Waals surface area contributed by atoms with Crippen molar-refractivity contribution in [3.8, 4) is 17.2 Å². The Labute approximate surface area is 193 Å². The molecule has 1 heterocycles. The second kappa shape index (κ2) is 10.4. The average Bonchev–Trinajstić information content (AvgIpc) is 3.27. The van der Waals surface area contributed by atoms with E-state index in [4.69, 9.17) is 19.2 Å². The van der Waals surface area contributed by atoms with Gasteiger partial charge in [-0.2, -0.15) is 0 Å². The highest BCUT2D eigenvalue weighted by atomic mass is 28.3. The van der Waals surface area contributed by atoms with Crippen molar-refractivity contribution in [2.24, 2.45) is 0 Å². The Morgan fingerprint density at radius 3 is 2.38 bits per heavy atom. The van der Waals surface area contributed by atoms with Crippen LogP contribution < -0.4 is 4.74 Å². The highest BCUT2D eigenvalue weighted by Gasteiger charge is 2.41. The Bertz CT molecular complexity index is 985. The quantitative estimate of drug-likeness (QED) is 0.226. The molecule has 1 aliphatic rings. The van der Waals surface area contributed by atoms with Crippen LogP contribution in [0.25, 0.3) is 10.8 Å². The molecule has 0 aromatic heterocycles. The van der Waals surface area contributed by atoms with Crippen LogP contribution in [0.15, 0.2) is 24.3 Å². The second-order valence-corrected chi connectivity index (χ2v) is 15.1. The summed E-state index contributed by atoms with van der Waals surface area (Å²) in [5.41, 5.74) is 6.49. The fourth-order valence-corrected chi connectivity index (χ4v) is 10.4. The van der Waals surface area contributed by atoms with Gasteiger partial charge in [0.15, 0.2) is 6.79 Å². The van der Waals surface area contributed by atoms with E-state index in [0.29, 0.717) is 42.0 Å². The minimum atomic E-state index is -2.02. The Kier molecular flexibility index (Phi) is 8.05. The van der Waals surface area contributed by atoms with E-state index < -0.39 is 8.07 Å². The number of hydrogen-bond acceptors (Lipinski definition) is 4. The van der Waals surface area contributed by atoms with Gasteiger partial charge in [0, 0.05) is 18.3 Å². The van der Waals surface area contributed by atoms with Crippen LogP contribution in [-0.2, 0) is 14.4 Å².